The number of carbonyl (C=O) groups is 2. The summed E-state index contributed by atoms with van der Waals surface area (Å²) in [6.45, 7) is 3.88. The molecule has 2 N–H and O–H groups in total. The van der Waals surface area contributed by atoms with Crippen LogP contribution < -0.4 is 10.6 Å². The van der Waals surface area contributed by atoms with Crippen molar-refractivity contribution in [1.82, 2.24) is 5.32 Å². The number of halogens is 4. The van der Waals surface area contributed by atoms with Crippen molar-refractivity contribution in [2.24, 2.45) is 11.8 Å². The summed E-state index contributed by atoms with van der Waals surface area (Å²) < 4.78 is 39.7. The number of benzene rings is 2. The van der Waals surface area contributed by atoms with Gasteiger partial charge in [-0.25, -0.2) is 0 Å². The van der Waals surface area contributed by atoms with Gasteiger partial charge in [-0.1, -0.05) is 31.5 Å². The number of alkyl halides is 3. The van der Waals surface area contributed by atoms with E-state index in [0.717, 1.165) is 25.0 Å². The lowest BCUT2D eigenvalue weighted by atomic mass is 9.64. The van der Waals surface area contributed by atoms with E-state index in [2.05, 4.69) is 10.6 Å². The Morgan fingerprint density at radius 3 is 2.24 bits per heavy atom. The number of hydrogen-bond donors (Lipinski definition) is 2. The van der Waals surface area contributed by atoms with E-state index in [9.17, 15) is 22.8 Å². The normalized spacial score (nSPS) is 21.8. The molecule has 3 rings (SSSR count). The Hall–Kier alpha value is -2.54. The lowest BCUT2D eigenvalue weighted by molar-refractivity contribution is -0.137. The molecule has 2 amide bonds. The summed E-state index contributed by atoms with van der Waals surface area (Å²) >= 11 is 5.89. The zero-order chi connectivity index (χ0) is 24.4. The SMILES string of the molecule is CNC(=O)c1cc(C(F)(F)F)ccc1C1(C)CCC([C@@H](C)C(=O)Nc2ccc(Cl)cc2)CC1. The highest BCUT2D eigenvalue weighted by molar-refractivity contribution is 6.30. The second-order valence-corrected chi connectivity index (χ2v) is 9.46. The van der Waals surface area contributed by atoms with Crippen molar-refractivity contribution in [3.05, 3.63) is 64.2 Å². The first-order valence-electron chi connectivity index (χ1n) is 10.9. The Balaban J connectivity index is 1.74. The van der Waals surface area contributed by atoms with Crippen LogP contribution in [0, 0.1) is 11.8 Å². The van der Waals surface area contributed by atoms with Gasteiger partial charge < -0.3 is 10.6 Å². The summed E-state index contributed by atoms with van der Waals surface area (Å²) in [7, 11) is 1.41. The maximum Gasteiger partial charge on any atom is 0.416 e. The molecule has 0 bridgehead atoms. The van der Waals surface area contributed by atoms with Crippen LogP contribution in [0.5, 0.6) is 0 Å². The third-order valence-electron chi connectivity index (χ3n) is 6.84. The van der Waals surface area contributed by atoms with Gasteiger partial charge in [0.2, 0.25) is 5.91 Å². The van der Waals surface area contributed by atoms with Crippen LogP contribution >= 0.6 is 11.6 Å². The van der Waals surface area contributed by atoms with Crippen LogP contribution in [0.3, 0.4) is 0 Å². The molecule has 4 nitrogen and oxygen atoms in total. The average Bonchev–Trinajstić information content (AvgIpc) is 2.79. The maximum atomic E-state index is 13.2. The highest BCUT2D eigenvalue weighted by atomic mass is 35.5. The van der Waals surface area contributed by atoms with Crippen molar-refractivity contribution < 1.29 is 22.8 Å². The standard InChI is InChI=1S/C25H28ClF3N2O2/c1-15(22(32)31-19-7-5-18(26)6-8-19)16-10-12-24(2,13-11-16)21-9-4-17(25(27,28)29)14-20(21)23(33)30-3/h4-9,14-16H,10-13H2,1-3H3,(H,30,33)(H,31,32)/t15-,16?,24?/m1/s1. The van der Waals surface area contributed by atoms with Crippen molar-refractivity contribution in [2.75, 3.05) is 12.4 Å². The molecule has 8 heteroatoms. The van der Waals surface area contributed by atoms with Crippen LogP contribution in [-0.4, -0.2) is 18.9 Å². The molecule has 0 heterocycles. The van der Waals surface area contributed by atoms with Gasteiger partial charge in [-0.3, -0.25) is 9.59 Å². The van der Waals surface area contributed by atoms with Crippen molar-refractivity contribution in [1.29, 1.82) is 0 Å². The Labute approximate surface area is 196 Å². The largest absolute Gasteiger partial charge is 0.416 e. The molecule has 2 aromatic rings. The van der Waals surface area contributed by atoms with Gasteiger partial charge >= 0.3 is 6.18 Å². The monoisotopic (exact) mass is 480 g/mol. The number of anilines is 1. The molecule has 1 aliphatic carbocycles. The Kier molecular flexibility index (Phi) is 7.42. The van der Waals surface area contributed by atoms with Crippen molar-refractivity contribution >= 4 is 29.1 Å². The number of carbonyl (C=O) groups excluding carboxylic acids is 2. The summed E-state index contributed by atoms with van der Waals surface area (Å²) in [5.41, 5.74) is 0.0642. The molecule has 0 spiro atoms. The van der Waals surface area contributed by atoms with E-state index in [4.69, 9.17) is 11.6 Å². The summed E-state index contributed by atoms with van der Waals surface area (Å²) in [5, 5.41) is 5.96. The maximum absolute atomic E-state index is 13.2. The minimum atomic E-state index is -4.52. The van der Waals surface area contributed by atoms with Gasteiger partial charge in [0.1, 0.15) is 0 Å². The second-order valence-electron chi connectivity index (χ2n) is 9.02. The van der Waals surface area contributed by atoms with Gasteiger partial charge in [0, 0.05) is 29.2 Å². The molecule has 178 valence electrons. The Morgan fingerprint density at radius 1 is 1.09 bits per heavy atom. The van der Waals surface area contributed by atoms with E-state index in [0.29, 0.717) is 29.1 Å². The third kappa shape index (κ3) is 5.69. The molecule has 1 fully saturated rings. The Morgan fingerprint density at radius 2 is 1.70 bits per heavy atom. The molecule has 0 saturated heterocycles. The molecule has 0 aromatic heterocycles. The van der Waals surface area contributed by atoms with Crippen LogP contribution in [0.15, 0.2) is 42.5 Å². The van der Waals surface area contributed by atoms with Crippen molar-refractivity contribution in [3.63, 3.8) is 0 Å². The van der Waals surface area contributed by atoms with Crippen LogP contribution in [0.1, 0.15) is 61.0 Å². The van der Waals surface area contributed by atoms with E-state index in [1.165, 1.54) is 13.1 Å². The molecular formula is C25H28ClF3N2O2. The minimum absolute atomic E-state index is 0.0572. The molecule has 33 heavy (non-hydrogen) atoms. The fraction of sp³-hybridized carbons (Fsp3) is 0.440. The molecule has 0 unspecified atom stereocenters. The first kappa shape index (κ1) is 25.1. The van der Waals surface area contributed by atoms with Crippen LogP contribution in [0.4, 0.5) is 18.9 Å². The molecule has 1 aliphatic rings. The van der Waals surface area contributed by atoms with Gasteiger partial charge in [0.15, 0.2) is 0 Å². The van der Waals surface area contributed by atoms with Crippen LogP contribution in [0.25, 0.3) is 0 Å². The van der Waals surface area contributed by atoms with Crippen molar-refractivity contribution in [2.45, 2.75) is 51.1 Å². The van der Waals surface area contributed by atoms with Crippen LogP contribution in [-0.2, 0) is 16.4 Å². The molecule has 0 aliphatic heterocycles. The van der Waals surface area contributed by atoms with E-state index in [1.54, 1.807) is 24.3 Å². The predicted octanol–water partition coefficient (Wildman–Crippen LogP) is 6.44. The lowest BCUT2D eigenvalue weighted by Gasteiger charge is -2.40. The van der Waals surface area contributed by atoms with Gasteiger partial charge in [-0.2, -0.15) is 13.2 Å². The van der Waals surface area contributed by atoms with Gasteiger partial charge in [0.25, 0.3) is 5.91 Å². The summed E-state index contributed by atoms with van der Waals surface area (Å²) in [6.07, 6.45) is -1.70. The number of rotatable bonds is 5. The summed E-state index contributed by atoms with van der Waals surface area (Å²) in [6, 6.07) is 10.3. The number of hydrogen-bond acceptors (Lipinski definition) is 2. The molecule has 0 radical (unpaired) electrons. The summed E-state index contributed by atoms with van der Waals surface area (Å²) in [5.74, 6) is -0.693. The highest BCUT2D eigenvalue weighted by Gasteiger charge is 2.39. The summed E-state index contributed by atoms with van der Waals surface area (Å²) in [4.78, 5) is 25.2. The smallest absolute Gasteiger partial charge is 0.355 e. The topological polar surface area (TPSA) is 58.2 Å². The predicted molar refractivity (Wildman–Crippen MR) is 123 cm³/mol. The molecule has 1 saturated carbocycles. The fourth-order valence-electron chi connectivity index (χ4n) is 4.62. The van der Waals surface area contributed by atoms with E-state index in [1.807, 2.05) is 13.8 Å². The fourth-order valence-corrected chi connectivity index (χ4v) is 4.75. The van der Waals surface area contributed by atoms with Crippen molar-refractivity contribution in [3.8, 4) is 0 Å². The molecule has 1 atom stereocenters. The first-order chi connectivity index (χ1) is 15.4. The quantitative estimate of drug-likeness (QED) is 0.517. The molecule has 2 aromatic carbocycles. The third-order valence-corrected chi connectivity index (χ3v) is 7.09. The second kappa shape index (κ2) is 9.75. The minimum Gasteiger partial charge on any atom is -0.355 e. The zero-order valence-corrected chi connectivity index (χ0v) is 19.6. The lowest BCUT2D eigenvalue weighted by Crippen LogP contribution is -2.36. The first-order valence-corrected chi connectivity index (χ1v) is 11.3. The van der Waals surface area contributed by atoms with Gasteiger partial charge in [-0.05, 0) is 79.0 Å². The number of nitrogens with one attached hydrogen (secondary N) is 2. The number of amides is 2. The van der Waals surface area contributed by atoms with E-state index >= 15 is 0 Å². The molecular weight excluding hydrogens is 453 g/mol. The zero-order valence-electron chi connectivity index (χ0n) is 18.9. The van der Waals surface area contributed by atoms with Gasteiger partial charge in [-0.15, -0.1) is 0 Å². The average molecular weight is 481 g/mol. The van der Waals surface area contributed by atoms with E-state index in [-0.39, 0.29) is 23.3 Å². The highest BCUT2D eigenvalue weighted by Crippen LogP contribution is 2.45. The Bertz CT molecular complexity index is 1010. The van der Waals surface area contributed by atoms with Crippen LogP contribution in [0.2, 0.25) is 5.02 Å². The van der Waals surface area contributed by atoms with E-state index < -0.39 is 23.1 Å². The van der Waals surface area contributed by atoms with Gasteiger partial charge in [0.05, 0.1) is 5.56 Å².